The maximum absolute atomic E-state index is 6.63. The van der Waals surface area contributed by atoms with E-state index in [0.29, 0.717) is 0 Å². The number of aryl methyl sites for hydroxylation is 1. The van der Waals surface area contributed by atoms with Crippen molar-refractivity contribution in [2.24, 2.45) is 0 Å². The van der Waals surface area contributed by atoms with Crippen molar-refractivity contribution in [3.8, 4) is 22.3 Å². The fraction of sp³-hybridized carbons (Fsp3) is 0.0435. The highest BCUT2D eigenvalue weighted by Crippen LogP contribution is 2.46. The summed E-state index contributed by atoms with van der Waals surface area (Å²) in [6, 6.07) is 48.4. The third-order valence-electron chi connectivity index (χ3n) is 10.1. The van der Waals surface area contributed by atoms with Gasteiger partial charge in [0.15, 0.2) is 0 Å². The van der Waals surface area contributed by atoms with Crippen molar-refractivity contribution in [3.63, 3.8) is 0 Å². The lowest BCUT2D eigenvalue weighted by Gasteiger charge is -2.18. The summed E-state index contributed by atoms with van der Waals surface area (Å²) in [6.07, 6.45) is 4.19. The van der Waals surface area contributed by atoms with Crippen LogP contribution in [-0.4, -0.2) is 0 Å². The lowest BCUT2D eigenvalue weighted by Crippen LogP contribution is -1.91. The van der Waals surface area contributed by atoms with Gasteiger partial charge in [-0.1, -0.05) is 115 Å². The van der Waals surface area contributed by atoms with Crippen LogP contribution in [0.4, 0.5) is 0 Å². The molecule has 8 aromatic carbocycles. The Morgan fingerprint density at radius 2 is 1.12 bits per heavy atom. The summed E-state index contributed by atoms with van der Waals surface area (Å²) in [5, 5.41) is 13.1. The molecule has 0 spiro atoms. The monoisotopic (exact) mass is 614 g/mol. The predicted molar refractivity (Wildman–Crippen MR) is 204 cm³/mol. The van der Waals surface area contributed by atoms with E-state index in [0.717, 1.165) is 55.2 Å². The van der Waals surface area contributed by atoms with Gasteiger partial charge in [-0.15, -0.1) is 0 Å². The number of allylic oxidation sites excluding steroid dienone is 1. The van der Waals surface area contributed by atoms with Crippen LogP contribution < -0.4 is 0 Å². The van der Waals surface area contributed by atoms with Crippen LogP contribution in [0.25, 0.3) is 104 Å². The van der Waals surface area contributed by atoms with E-state index in [-0.39, 0.29) is 0 Å². The third-order valence-corrected chi connectivity index (χ3v) is 10.1. The van der Waals surface area contributed by atoms with Gasteiger partial charge in [0.25, 0.3) is 0 Å². The number of furan rings is 2. The summed E-state index contributed by atoms with van der Waals surface area (Å²) < 4.78 is 12.9. The van der Waals surface area contributed by atoms with Crippen molar-refractivity contribution in [1.82, 2.24) is 0 Å². The Labute approximate surface area is 277 Å². The highest BCUT2D eigenvalue weighted by molar-refractivity contribution is 6.25. The zero-order valence-corrected chi connectivity index (χ0v) is 26.7. The molecule has 0 radical (unpaired) electrons. The molecule has 0 bridgehead atoms. The highest BCUT2D eigenvalue weighted by Gasteiger charge is 2.20. The topological polar surface area (TPSA) is 26.3 Å². The molecule has 0 aliphatic heterocycles. The van der Waals surface area contributed by atoms with Crippen molar-refractivity contribution in [3.05, 3.63) is 151 Å². The molecule has 0 saturated carbocycles. The molecule has 0 aliphatic carbocycles. The van der Waals surface area contributed by atoms with Crippen LogP contribution >= 0.6 is 0 Å². The van der Waals surface area contributed by atoms with E-state index in [4.69, 9.17) is 8.83 Å². The maximum atomic E-state index is 6.63. The Bertz CT molecular complexity index is 2910. The van der Waals surface area contributed by atoms with E-state index in [1.54, 1.807) is 0 Å². The molecular weight excluding hydrogens is 585 g/mol. The van der Waals surface area contributed by atoms with Gasteiger partial charge in [0.1, 0.15) is 22.5 Å². The highest BCUT2D eigenvalue weighted by atomic mass is 16.3. The second-order valence-electron chi connectivity index (χ2n) is 12.8. The van der Waals surface area contributed by atoms with Crippen LogP contribution in [0.15, 0.2) is 148 Å². The second-order valence-corrected chi connectivity index (χ2v) is 12.8. The molecule has 0 amide bonds. The van der Waals surface area contributed by atoms with E-state index in [1.165, 1.54) is 54.4 Å². The van der Waals surface area contributed by atoms with Gasteiger partial charge in [-0.25, -0.2) is 0 Å². The van der Waals surface area contributed by atoms with E-state index < -0.39 is 0 Å². The first-order valence-electron chi connectivity index (χ1n) is 16.5. The Hall–Kier alpha value is -6.12. The molecule has 0 aliphatic rings. The van der Waals surface area contributed by atoms with Crippen LogP contribution in [0, 0.1) is 6.92 Å². The number of benzene rings is 8. The van der Waals surface area contributed by atoms with E-state index in [2.05, 4.69) is 146 Å². The quantitative estimate of drug-likeness (QED) is 0.185. The maximum Gasteiger partial charge on any atom is 0.136 e. The molecule has 10 aromatic rings. The second kappa shape index (κ2) is 10.2. The minimum Gasteiger partial charge on any atom is -0.461 e. The molecule has 10 rings (SSSR count). The van der Waals surface area contributed by atoms with Crippen molar-refractivity contribution < 1.29 is 8.83 Å². The van der Waals surface area contributed by atoms with Gasteiger partial charge in [0, 0.05) is 21.7 Å². The molecule has 0 saturated heterocycles. The van der Waals surface area contributed by atoms with Crippen molar-refractivity contribution >= 4 is 82.1 Å². The Balaban J connectivity index is 1.24. The fourth-order valence-electron chi connectivity index (χ4n) is 8.03. The summed E-state index contributed by atoms with van der Waals surface area (Å²) in [5.41, 5.74) is 8.70. The minimum absolute atomic E-state index is 0.881. The van der Waals surface area contributed by atoms with Gasteiger partial charge in [-0.3, -0.25) is 0 Å². The molecule has 0 unspecified atom stereocenters. The van der Waals surface area contributed by atoms with Gasteiger partial charge < -0.3 is 8.83 Å². The first-order valence-corrected chi connectivity index (χ1v) is 16.5. The number of fused-ring (bicyclic) bond motifs is 9. The molecule has 0 fully saturated rings. The summed E-state index contributed by atoms with van der Waals surface area (Å²) in [5.74, 6) is 0.933. The Kier molecular flexibility index (Phi) is 5.74. The molecular formula is C46H30O2. The zero-order chi connectivity index (χ0) is 31.9. The minimum atomic E-state index is 0.881. The van der Waals surface area contributed by atoms with E-state index in [9.17, 15) is 0 Å². The number of rotatable bonds is 3. The summed E-state index contributed by atoms with van der Waals surface area (Å²) in [6.45, 7) is 4.08. The molecule has 226 valence electrons. The van der Waals surface area contributed by atoms with Gasteiger partial charge in [0.05, 0.1) is 0 Å². The Morgan fingerprint density at radius 3 is 1.88 bits per heavy atom. The molecule has 48 heavy (non-hydrogen) atoms. The van der Waals surface area contributed by atoms with Crippen LogP contribution in [0.5, 0.6) is 0 Å². The van der Waals surface area contributed by atoms with Crippen LogP contribution in [0.3, 0.4) is 0 Å². The first-order chi connectivity index (χ1) is 23.7. The van der Waals surface area contributed by atoms with Gasteiger partial charge in [-0.05, 0) is 110 Å². The van der Waals surface area contributed by atoms with Gasteiger partial charge in [-0.2, -0.15) is 0 Å². The SMILES string of the molecule is C/C=C\c1c(C)oc2cc3c(ccc4oc5cc(-c6c7ccccc7c(-c7cccc8ccccc78)c7ccccc67)ccc5c43)cc12. The Morgan fingerprint density at radius 1 is 0.458 bits per heavy atom. The fourth-order valence-corrected chi connectivity index (χ4v) is 8.03. The first kappa shape index (κ1) is 27.0. The van der Waals surface area contributed by atoms with Crippen LogP contribution in [0.1, 0.15) is 18.2 Å². The average molecular weight is 615 g/mol. The van der Waals surface area contributed by atoms with Gasteiger partial charge in [0.2, 0.25) is 0 Å². The van der Waals surface area contributed by atoms with E-state index in [1.807, 2.05) is 13.8 Å². The van der Waals surface area contributed by atoms with Crippen molar-refractivity contribution in [1.29, 1.82) is 0 Å². The van der Waals surface area contributed by atoms with Crippen LogP contribution in [-0.2, 0) is 0 Å². The van der Waals surface area contributed by atoms with Crippen LogP contribution in [0.2, 0.25) is 0 Å². The number of hydrogen-bond donors (Lipinski definition) is 0. The summed E-state index contributed by atoms with van der Waals surface area (Å²) >= 11 is 0. The smallest absolute Gasteiger partial charge is 0.136 e. The standard InChI is InChI=1S/C46H30O2/c1-3-11-31-27(2)47-43-26-39-29(24-40(31)43)21-23-41-46(39)38-22-20-30(25-42(38)48-41)44-34-15-6-8-17-36(34)45(37-18-9-7-16-35(37)44)33-19-10-13-28-12-4-5-14-32(28)33/h3-26H,1-2H3/b11-3-. The zero-order valence-electron chi connectivity index (χ0n) is 26.7. The van der Waals surface area contributed by atoms with Crippen molar-refractivity contribution in [2.75, 3.05) is 0 Å². The molecule has 0 N–H and O–H groups in total. The molecule has 2 aromatic heterocycles. The predicted octanol–water partition coefficient (Wildman–Crippen LogP) is 13.6. The lowest BCUT2D eigenvalue weighted by atomic mass is 9.84. The molecule has 2 heterocycles. The largest absolute Gasteiger partial charge is 0.461 e. The third kappa shape index (κ3) is 3.80. The average Bonchev–Trinajstić information content (AvgIpc) is 3.65. The van der Waals surface area contributed by atoms with Gasteiger partial charge >= 0.3 is 0 Å². The van der Waals surface area contributed by atoms with E-state index >= 15 is 0 Å². The lowest BCUT2D eigenvalue weighted by molar-refractivity contribution is 0.578. The molecule has 2 heteroatoms. The summed E-state index contributed by atoms with van der Waals surface area (Å²) in [4.78, 5) is 0. The van der Waals surface area contributed by atoms with Crippen molar-refractivity contribution in [2.45, 2.75) is 13.8 Å². The number of hydrogen-bond acceptors (Lipinski definition) is 2. The molecule has 2 nitrogen and oxygen atoms in total. The molecule has 0 atom stereocenters. The normalized spacial score (nSPS) is 12.3. The summed E-state index contributed by atoms with van der Waals surface area (Å²) in [7, 11) is 0.